The van der Waals surface area contributed by atoms with Crippen LogP contribution in [0.1, 0.15) is 13.3 Å². The van der Waals surface area contributed by atoms with Crippen molar-refractivity contribution in [2.24, 2.45) is 5.92 Å². The molecule has 2 rings (SSSR count). The third-order valence-electron chi connectivity index (χ3n) is 2.79. The average Bonchev–Trinajstić information content (AvgIpc) is 2.69. The lowest BCUT2D eigenvalue weighted by atomic mass is 10.1. The topological polar surface area (TPSA) is 48.0 Å². The number of hydrogen-bond donors (Lipinski definition) is 3. The SMILES string of the molecule is CC(CCO)CNc1cc2ccccc2[nH]1. The molecule has 3 nitrogen and oxygen atoms in total. The van der Waals surface area contributed by atoms with Gasteiger partial charge in [0.15, 0.2) is 0 Å². The quantitative estimate of drug-likeness (QED) is 0.722. The van der Waals surface area contributed by atoms with Gasteiger partial charge < -0.3 is 15.4 Å². The third kappa shape index (κ3) is 2.55. The highest BCUT2D eigenvalue weighted by Gasteiger charge is 2.03. The molecule has 0 amide bonds. The molecule has 86 valence electrons. The predicted octanol–water partition coefficient (Wildman–Crippen LogP) is 2.60. The molecular formula is C13H18N2O. The summed E-state index contributed by atoms with van der Waals surface area (Å²) in [5, 5.41) is 13.4. The molecule has 1 aromatic carbocycles. The fraction of sp³-hybridized carbons (Fsp3) is 0.385. The van der Waals surface area contributed by atoms with Gasteiger partial charge >= 0.3 is 0 Å². The van der Waals surface area contributed by atoms with E-state index in [1.807, 2.05) is 12.1 Å². The molecule has 0 saturated carbocycles. The number of H-pyrrole nitrogens is 1. The zero-order chi connectivity index (χ0) is 11.4. The van der Waals surface area contributed by atoms with E-state index in [9.17, 15) is 0 Å². The Morgan fingerprint density at radius 3 is 2.94 bits per heavy atom. The molecule has 1 heterocycles. The number of fused-ring (bicyclic) bond motifs is 1. The molecule has 0 radical (unpaired) electrons. The second-order valence-electron chi connectivity index (χ2n) is 4.27. The maximum Gasteiger partial charge on any atom is 0.104 e. The van der Waals surface area contributed by atoms with Gasteiger partial charge in [0.2, 0.25) is 0 Å². The minimum atomic E-state index is 0.259. The molecule has 1 aromatic heterocycles. The maximum absolute atomic E-state index is 8.81. The molecule has 0 aliphatic rings. The lowest BCUT2D eigenvalue weighted by molar-refractivity contribution is 0.266. The summed E-state index contributed by atoms with van der Waals surface area (Å²) in [4.78, 5) is 3.32. The van der Waals surface area contributed by atoms with E-state index >= 15 is 0 Å². The van der Waals surface area contributed by atoms with Crippen LogP contribution in [-0.4, -0.2) is 23.2 Å². The van der Waals surface area contributed by atoms with Crippen LogP contribution in [0, 0.1) is 5.92 Å². The van der Waals surface area contributed by atoms with Crippen LogP contribution in [0.25, 0.3) is 10.9 Å². The van der Waals surface area contributed by atoms with E-state index in [4.69, 9.17) is 5.11 Å². The second kappa shape index (κ2) is 5.03. The number of benzene rings is 1. The zero-order valence-corrected chi connectivity index (χ0v) is 9.53. The average molecular weight is 218 g/mol. The van der Waals surface area contributed by atoms with Crippen molar-refractivity contribution in [3.8, 4) is 0 Å². The Hall–Kier alpha value is -1.48. The molecule has 1 atom stereocenters. The second-order valence-corrected chi connectivity index (χ2v) is 4.27. The van der Waals surface area contributed by atoms with Crippen LogP contribution in [0.2, 0.25) is 0 Å². The highest BCUT2D eigenvalue weighted by molar-refractivity contribution is 5.83. The van der Waals surface area contributed by atoms with E-state index in [1.165, 1.54) is 5.39 Å². The van der Waals surface area contributed by atoms with Gasteiger partial charge in [0.05, 0.1) is 0 Å². The van der Waals surface area contributed by atoms with Crippen LogP contribution in [0.4, 0.5) is 5.82 Å². The number of para-hydroxylation sites is 1. The molecular weight excluding hydrogens is 200 g/mol. The molecule has 0 aliphatic carbocycles. The smallest absolute Gasteiger partial charge is 0.104 e. The minimum absolute atomic E-state index is 0.259. The fourth-order valence-electron chi connectivity index (χ4n) is 1.78. The van der Waals surface area contributed by atoms with E-state index < -0.39 is 0 Å². The normalized spacial score (nSPS) is 12.9. The molecule has 0 fully saturated rings. The highest BCUT2D eigenvalue weighted by atomic mass is 16.3. The first-order valence-corrected chi connectivity index (χ1v) is 5.72. The summed E-state index contributed by atoms with van der Waals surface area (Å²) in [6.45, 7) is 3.27. The van der Waals surface area contributed by atoms with Gasteiger partial charge in [0.1, 0.15) is 5.82 Å². The molecule has 0 spiro atoms. The largest absolute Gasteiger partial charge is 0.396 e. The number of anilines is 1. The Kier molecular flexibility index (Phi) is 3.47. The van der Waals surface area contributed by atoms with E-state index in [0.29, 0.717) is 5.92 Å². The summed E-state index contributed by atoms with van der Waals surface area (Å²) in [5.41, 5.74) is 1.15. The van der Waals surface area contributed by atoms with Crippen LogP contribution in [0.3, 0.4) is 0 Å². The van der Waals surface area contributed by atoms with E-state index in [2.05, 4.69) is 35.4 Å². The van der Waals surface area contributed by atoms with Gasteiger partial charge in [-0.25, -0.2) is 0 Å². The number of rotatable bonds is 5. The van der Waals surface area contributed by atoms with E-state index in [-0.39, 0.29) is 6.61 Å². The van der Waals surface area contributed by atoms with Crippen molar-refractivity contribution in [1.29, 1.82) is 0 Å². The number of hydrogen-bond acceptors (Lipinski definition) is 2. The number of aromatic nitrogens is 1. The van der Waals surface area contributed by atoms with Crippen molar-refractivity contribution in [3.63, 3.8) is 0 Å². The van der Waals surface area contributed by atoms with Gasteiger partial charge in [-0.05, 0) is 24.5 Å². The van der Waals surface area contributed by atoms with Crippen molar-refractivity contribution < 1.29 is 5.11 Å². The Labute approximate surface area is 95.5 Å². The van der Waals surface area contributed by atoms with Gasteiger partial charge in [-0.2, -0.15) is 0 Å². The molecule has 0 aliphatic heterocycles. The zero-order valence-electron chi connectivity index (χ0n) is 9.53. The van der Waals surface area contributed by atoms with Gasteiger partial charge in [-0.15, -0.1) is 0 Å². The first-order valence-electron chi connectivity index (χ1n) is 5.72. The van der Waals surface area contributed by atoms with E-state index in [1.54, 1.807) is 0 Å². The number of aliphatic hydroxyl groups is 1. The van der Waals surface area contributed by atoms with Crippen molar-refractivity contribution in [1.82, 2.24) is 4.98 Å². The van der Waals surface area contributed by atoms with Crippen molar-refractivity contribution >= 4 is 16.7 Å². The molecule has 1 unspecified atom stereocenters. The number of nitrogens with one attached hydrogen (secondary N) is 2. The first-order chi connectivity index (χ1) is 7.79. The maximum atomic E-state index is 8.81. The summed E-state index contributed by atoms with van der Waals surface area (Å²) in [7, 11) is 0. The molecule has 3 N–H and O–H groups in total. The van der Waals surface area contributed by atoms with Crippen molar-refractivity contribution in [2.45, 2.75) is 13.3 Å². The first kappa shape index (κ1) is 11.0. The fourth-order valence-corrected chi connectivity index (χ4v) is 1.78. The van der Waals surface area contributed by atoms with Gasteiger partial charge in [-0.1, -0.05) is 25.1 Å². The van der Waals surface area contributed by atoms with Crippen LogP contribution in [0.15, 0.2) is 30.3 Å². The Morgan fingerprint density at radius 2 is 2.19 bits per heavy atom. The van der Waals surface area contributed by atoms with Crippen LogP contribution in [0.5, 0.6) is 0 Å². The monoisotopic (exact) mass is 218 g/mol. The summed E-state index contributed by atoms with van der Waals surface area (Å²) in [5.74, 6) is 1.53. The standard InChI is InChI=1S/C13H18N2O/c1-10(6-7-16)9-14-13-8-11-4-2-3-5-12(11)15-13/h2-5,8,10,14-16H,6-7,9H2,1H3. The highest BCUT2D eigenvalue weighted by Crippen LogP contribution is 2.18. The minimum Gasteiger partial charge on any atom is -0.396 e. The Balaban J connectivity index is 1.99. The van der Waals surface area contributed by atoms with Gasteiger partial charge in [0, 0.05) is 24.1 Å². The Morgan fingerprint density at radius 1 is 1.38 bits per heavy atom. The lowest BCUT2D eigenvalue weighted by Crippen LogP contribution is -2.12. The van der Waals surface area contributed by atoms with Crippen LogP contribution >= 0.6 is 0 Å². The molecule has 2 aromatic rings. The van der Waals surface area contributed by atoms with Crippen LogP contribution < -0.4 is 5.32 Å². The van der Waals surface area contributed by atoms with Crippen LogP contribution in [-0.2, 0) is 0 Å². The summed E-state index contributed by atoms with van der Waals surface area (Å²) >= 11 is 0. The Bertz CT molecular complexity index is 417. The van der Waals surface area contributed by atoms with Gasteiger partial charge in [0.25, 0.3) is 0 Å². The molecule has 0 bridgehead atoms. The van der Waals surface area contributed by atoms with E-state index in [0.717, 1.165) is 24.3 Å². The molecule has 0 saturated heterocycles. The molecule has 3 heteroatoms. The number of aliphatic hydroxyl groups excluding tert-OH is 1. The lowest BCUT2D eigenvalue weighted by Gasteiger charge is -2.10. The third-order valence-corrected chi connectivity index (χ3v) is 2.79. The molecule has 16 heavy (non-hydrogen) atoms. The predicted molar refractivity (Wildman–Crippen MR) is 67.7 cm³/mol. The summed E-state index contributed by atoms with van der Waals surface area (Å²) in [6, 6.07) is 10.3. The summed E-state index contributed by atoms with van der Waals surface area (Å²) < 4.78 is 0. The van der Waals surface area contributed by atoms with Gasteiger partial charge in [-0.3, -0.25) is 0 Å². The van der Waals surface area contributed by atoms with Crippen molar-refractivity contribution in [2.75, 3.05) is 18.5 Å². The van der Waals surface area contributed by atoms with Crippen molar-refractivity contribution in [3.05, 3.63) is 30.3 Å². The number of aromatic amines is 1. The summed E-state index contributed by atoms with van der Waals surface area (Å²) in [6.07, 6.45) is 0.841.